The normalized spacial score (nSPS) is 10.2. The van der Waals surface area contributed by atoms with E-state index in [0.29, 0.717) is 5.69 Å². The van der Waals surface area contributed by atoms with Crippen LogP contribution in [0.5, 0.6) is 0 Å². The van der Waals surface area contributed by atoms with Crippen molar-refractivity contribution >= 4 is 22.9 Å². The van der Waals surface area contributed by atoms with Crippen molar-refractivity contribution in [3.63, 3.8) is 0 Å². The summed E-state index contributed by atoms with van der Waals surface area (Å²) in [6, 6.07) is 7.74. The number of hydrogen-bond donors (Lipinski definition) is 2. The van der Waals surface area contributed by atoms with E-state index in [4.69, 9.17) is 0 Å². The van der Waals surface area contributed by atoms with Gasteiger partial charge in [-0.15, -0.1) is 11.3 Å². The van der Waals surface area contributed by atoms with E-state index in [1.54, 1.807) is 10.9 Å². The van der Waals surface area contributed by atoms with E-state index >= 15 is 0 Å². The van der Waals surface area contributed by atoms with Crippen molar-refractivity contribution < 1.29 is 4.79 Å². The molecule has 2 rings (SSSR count). The molecule has 0 radical (unpaired) electrons. The van der Waals surface area contributed by atoms with Crippen LogP contribution in [-0.2, 0) is 6.54 Å². The van der Waals surface area contributed by atoms with E-state index in [1.807, 2.05) is 31.3 Å². The Morgan fingerprint density at radius 2 is 2.35 bits per heavy atom. The lowest BCUT2D eigenvalue weighted by Crippen LogP contribution is -2.12. The van der Waals surface area contributed by atoms with Gasteiger partial charge in [-0.3, -0.25) is 4.79 Å². The van der Waals surface area contributed by atoms with Gasteiger partial charge in [-0.05, 0) is 24.7 Å². The Bertz CT molecular complexity index is 496. The number of hydrogen-bond acceptors (Lipinski definition) is 4. The predicted molar refractivity (Wildman–Crippen MR) is 69.3 cm³/mol. The quantitative estimate of drug-likeness (QED) is 0.870. The lowest BCUT2D eigenvalue weighted by molar-refractivity contribution is 0.102. The van der Waals surface area contributed by atoms with Crippen LogP contribution in [0.25, 0.3) is 0 Å². The van der Waals surface area contributed by atoms with Gasteiger partial charge in [0, 0.05) is 17.6 Å². The van der Waals surface area contributed by atoms with Crippen LogP contribution in [0.15, 0.2) is 35.2 Å². The summed E-state index contributed by atoms with van der Waals surface area (Å²) in [5.74, 6) is -0.173. The van der Waals surface area contributed by atoms with E-state index in [2.05, 4.69) is 15.6 Å². The fourth-order valence-electron chi connectivity index (χ4n) is 1.48. The SMILES string of the molecule is CNCc1cccc(NC(=O)c2cscn2)c1. The molecule has 4 nitrogen and oxygen atoms in total. The zero-order valence-electron chi connectivity index (χ0n) is 9.43. The van der Waals surface area contributed by atoms with Gasteiger partial charge in [0.2, 0.25) is 0 Å². The standard InChI is InChI=1S/C12H13N3OS/c1-13-6-9-3-2-4-10(5-9)15-12(16)11-7-17-8-14-11/h2-5,7-8,13H,6H2,1H3,(H,15,16). The Balaban J connectivity index is 2.08. The monoisotopic (exact) mass is 247 g/mol. The Kier molecular flexibility index (Phi) is 3.85. The van der Waals surface area contributed by atoms with Crippen LogP contribution in [0.4, 0.5) is 5.69 Å². The number of anilines is 1. The van der Waals surface area contributed by atoms with E-state index < -0.39 is 0 Å². The van der Waals surface area contributed by atoms with Crippen molar-refractivity contribution in [2.75, 3.05) is 12.4 Å². The lowest BCUT2D eigenvalue weighted by Gasteiger charge is -2.05. The van der Waals surface area contributed by atoms with Gasteiger partial charge in [0.15, 0.2) is 0 Å². The number of thiazole rings is 1. The third kappa shape index (κ3) is 3.12. The molecule has 2 aromatic rings. The van der Waals surface area contributed by atoms with Crippen molar-refractivity contribution in [2.24, 2.45) is 0 Å². The molecule has 1 aromatic heterocycles. The molecule has 0 spiro atoms. The number of rotatable bonds is 4. The number of benzene rings is 1. The molecular weight excluding hydrogens is 234 g/mol. The van der Waals surface area contributed by atoms with Crippen molar-refractivity contribution in [1.29, 1.82) is 0 Å². The summed E-state index contributed by atoms with van der Waals surface area (Å²) >= 11 is 1.41. The minimum atomic E-state index is -0.173. The smallest absolute Gasteiger partial charge is 0.275 e. The largest absolute Gasteiger partial charge is 0.321 e. The van der Waals surface area contributed by atoms with Crippen LogP contribution in [0.1, 0.15) is 16.1 Å². The second kappa shape index (κ2) is 5.56. The van der Waals surface area contributed by atoms with E-state index in [0.717, 1.165) is 17.8 Å². The second-order valence-electron chi connectivity index (χ2n) is 3.56. The second-order valence-corrected chi connectivity index (χ2v) is 4.28. The maximum Gasteiger partial charge on any atom is 0.275 e. The van der Waals surface area contributed by atoms with E-state index in [9.17, 15) is 4.79 Å². The molecule has 0 unspecified atom stereocenters. The maximum absolute atomic E-state index is 11.8. The van der Waals surface area contributed by atoms with Crippen LogP contribution < -0.4 is 10.6 Å². The van der Waals surface area contributed by atoms with Gasteiger partial charge < -0.3 is 10.6 Å². The maximum atomic E-state index is 11.8. The summed E-state index contributed by atoms with van der Waals surface area (Å²) in [5, 5.41) is 7.62. The predicted octanol–water partition coefficient (Wildman–Crippen LogP) is 2.11. The molecule has 0 saturated carbocycles. The Morgan fingerprint density at radius 1 is 1.47 bits per heavy atom. The zero-order chi connectivity index (χ0) is 12.1. The van der Waals surface area contributed by atoms with Crippen LogP contribution >= 0.6 is 11.3 Å². The highest BCUT2D eigenvalue weighted by molar-refractivity contribution is 7.07. The van der Waals surface area contributed by atoms with Gasteiger partial charge in [-0.2, -0.15) is 0 Å². The lowest BCUT2D eigenvalue weighted by atomic mass is 10.2. The molecule has 0 aliphatic rings. The van der Waals surface area contributed by atoms with Gasteiger partial charge in [-0.25, -0.2) is 4.98 Å². The van der Waals surface area contributed by atoms with Crippen LogP contribution in [-0.4, -0.2) is 17.9 Å². The number of amides is 1. The number of aromatic nitrogens is 1. The van der Waals surface area contributed by atoms with Gasteiger partial charge in [0.1, 0.15) is 5.69 Å². The number of carbonyl (C=O) groups is 1. The van der Waals surface area contributed by atoms with Crippen molar-refractivity contribution in [2.45, 2.75) is 6.54 Å². The van der Waals surface area contributed by atoms with Crippen LogP contribution in [0.3, 0.4) is 0 Å². The molecule has 0 saturated heterocycles. The summed E-state index contributed by atoms with van der Waals surface area (Å²) < 4.78 is 0. The Morgan fingerprint density at radius 3 is 3.06 bits per heavy atom. The minimum absolute atomic E-state index is 0.173. The Hall–Kier alpha value is -1.72. The first-order chi connectivity index (χ1) is 8.29. The van der Waals surface area contributed by atoms with Crippen molar-refractivity contribution in [3.8, 4) is 0 Å². The third-order valence-electron chi connectivity index (χ3n) is 2.23. The summed E-state index contributed by atoms with van der Waals surface area (Å²) in [6.07, 6.45) is 0. The third-order valence-corrected chi connectivity index (χ3v) is 2.82. The summed E-state index contributed by atoms with van der Waals surface area (Å²) in [5.41, 5.74) is 4.01. The molecule has 1 amide bonds. The fourth-order valence-corrected chi connectivity index (χ4v) is 2.02. The highest BCUT2D eigenvalue weighted by Gasteiger charge is 2.07. The van der Waals surface area contributed by atoms with Gasteiger partial charge in [0.25, 0.3) is 5.91 Å². The van der Waals surface area contributed by atoms with E-state index in [-0.39, 0.29) is 5.91 Å². The highest BCUT2D eigenvalue weighted by atomic mass is 32.1. The first-order valence-corrected chi connectivity index (χ1v) is 6.17. The van der Waals surface area contributed by atoms with Crippen LogP contribution in [0, 0.1) is 0 Å². The molecule has 0 fully saturated rings. The molecule has 5 heteroatoms. The fraction of sp³-hybridized carbons (Fsp3) is 0.167. The molecular formula is C12H13N3OS. The summed E-state index contributed by atoms with van der Waals surface area (Å²) in [6.45, 7) is 0.778. The average Bonchev–Trinajstić information content (AvgIpc) is 2.83. The average molecular weight is 247 g/mol. The summed E-state index contributed by atoms with van der Waals surface area (Å²) in [4.78, 5) is 15.7. The molecule has 1 heterocycles. The van der Waals surface area contributed by atoms with Gasteiger partial charge in [0.05, 0.1) is 5.51 Å². The topological polar surface area (TPSA) is 54.0 Å². The molecule has 1 aromatic carbocycles. The summed E-state index contributed by atoms with van der Waals surface area (Å²) in [7, 11) is 1.89. The zero-order valence-corrected chi connectivity index (χ0v) is 10.3. The number of carbonyl (C=O) groups excluding carboxylic acids is 1. The van der Waals surface area contributed by atoms with Gasteiger partial charge >= 0.3 is 0 Å². The Labute approximate surface area is 104 Å². The van der Waals surface area contributed by atoms with Gasteiger partial charge in [-0.1, -0.05) is 12.1 Å². The molecule has 88 valence electrons. The molecule has 0 atom stereocenters. The molecule has 2 N–H and O–H groups in total. The molecule has 0 aliphatic carbocycles. The van der Waals surface area contributed by atoms with Crippen molar-refractivity contribution in [1.82, 2.24) is 10.3 Å². The van der Waals surface area contributed by atoms with Crippen LogP contribution in [0.2, 0.25) is 0 Å². The first kappa shape index (κ1) is 11.8. The number of nitrogens with zero attached hydrogens (tertiary/aromatic N) is 1. The minimum Gasteiger partial charge on any atom is -0.321 e. The highest BCUT2D eigenvalue weighted by Crippen LogP contribution is 2.12. The molecule has 0 aliphatic heterocycles. The van der Waals surface area contributed by atoms with Crippen molar-refractivity contribution in [3.05, 3.63) is 46.4 Å². The molecule has 0 bridgehead atoms. The van der Waals surface area contributed by atoms with E-state index in [1.165, 1.54) is 11.3 Å². The number of nitrogens with one attached hydrogen (secondary N) is 2. The first-order valence-electron chi connectivity index (χ1n) is 5.22. The molecule has 17 heavy (non-hydrogen) atoms.